The fourth-order valence-electron chi connectivity index (χ4n) is 1.52. The highest BCUT2D eigenvalue weighted by atomic mass is 16.5. The molecule has 0 aliphatic heterocycles. The SMILES string of the molecule is [2H]c1c([2H])c([2H])c(C([2H])(OC([2H])([2H])CN(C)C)c2ccccc2C([2H])([2H])[2H])c([2H])c1[2H]. The Balaban J connectivity index is 2.95. The van der Waals surface area contributed by atoms with Crippen LogP contribution in [0.2, 0.25) is 0 Å². The second kappa shape index (κ2) is 7.22. The number of ether oxygens (including phenoxy) is 1. The summed E-state index contributed by atoms with van der Waals surface area (Å²) in [6.45, 7) is -5.59. The van der Waals surface area contributed by atoms with E-state index in [1.165, 1.54) is 29.2 Å². The second-order valence-electron chi connectivity index (χ2n) is 4.36. The average molecular weight is 280 g/mol. The van der Waals surface area contributed by atoms with Gasteiger partial charge in [-0.3, -0.25) is 0 Å². The van der Waals surface area contributed by atoms with Crippen molar-refractivity contribution in [2.75, 3.05) is 27.2 Å². The maximum atomic E-state index is 9.07. The van der Waals surface area contributed by atoms with E-state index in [9.17, 15) is 0 Å². The molecule has 2 aromatic carbocycles. The Kier molecular flexibility index (Phi) is 2.17. The van der Waals surface area contributed by atoms with E-state index < -0.39 is 55.3 Å². The van der Waals surface area contributed by atoms with Crippen molar-refractivity contribution in [1.82, 2.24) is 4.90 Å². The van der Waals surface area contributed by atoms with E-state index in [1.54, 1.807) is 14.1 Å². The van der Waals surface area contributed by atoms with Crippen molar-refractivity contribution < 1.29 is 19.8 Å². The highest BCUT2D eigenvalue weighted by Gasteiger charge is 2.16. The Labute approximate surface area is 137 Å². The lowest BCUT2D eigenvalue weighted by molar-refractivity contribution is 0.0683. The standard InChI is InChI=1S/C18H23NO/c1-15-9-7-8-12-17(15)18(20-14-13-19(2)3)16-10-5-4-6-11-16/h4-12,18H,13-14H2,1-3H3/i1D3,4D,5D,6D,10D,11D,14D2,18D. The Morgan fingerprint density at radius 1 is 1.30 bits per heavy atom. The monoisotopic (exact) mass is 280 g/mol. The molecule has 1 unspecified atom stereocenters. The first-order valence-electron chi connectivity index (χ1n) is 11.5. The van der Waals surface area contributed by atoms with Gasteiger partial charge in [0.15, 0.2) is 0 Å². The fraction of sp³-hybridized carbons (Fsp3) is 0.333. The van der Waals surface area contributed by atoms with Crippen LogP contribution in [0.1, 0.15) is 37.8 Å². The molecule has 0 aliphatic carbocycles. The van der Waals surface area contributed by atoms with Crippen LogP contribution in [0, 0.1) is 6.85 Å². The van der Waals surface area contributed by atoms with Gasteiger partial charge in [-0.25, -0.2) is 0 Å². The number of benzene rings is 2. The zero-order valence-electron chi connectivity index (χ0n) is 22.4. The van der Waals surface area contributed by atoms with Crippen LogP contribution in [0.25, 0.3) is 0 Å². The van der Waals surface area contributed by atoms with Gasteiger partial charge in [0.1, 0.15) is 6.08 Å². The van der Waals surface area contributed by atoms with Crippen molar-refractivity contribution >= 4 is 0 Å². The fourth-order valence-corrected chi connectivity index (χ4v) is 1.52. The molecule has 1 atom stereocenters. The summed E-state index contributed by atoms with van der Waals surface area (Å²) in [6, 6.07) is 1.54. The van der Waals surface area contributed by atoms with Crippen LogP contribution in [0.15, 0.2) is 54.5 Å². The van der Waals surface area contributed by atoms with Crippen LogP contribution in [-0.2, 0) is 4.74 Å². The third kappa shape index (κ3) is 3.92. The van der Waals surface area contributed by atoms with Gasteiger partial charge in [0.2, 0.25) is 0 Å². The largest absolute Gasteiger partial charge is 0.367 e. The molecule has 0 heterocycles. The van der Waals surface area contributed by atoms with E-state index in [0.29, 0.717) is 0 Å². The predicted molar refractivity (Wildman–Crippen MR) is 84.0 cm³/mol. The van der Waals surface area contributed by atoms with E-state index in [-0.39, 0.29) is 17.7 Å². The summed E-state index contributed by atoms with van der Waals surface area (Å²) < 4.78 is 94.7. The summed E-state index contributed by atoms with van der Waals surface area (Å²) in [6.07, 6.45) is -2.75. The molecule has 106 valence electrons. The molecule has 2 heteroatoms. The third-order valence-electron chi connectivity index (χ3n) is 2.45. The Hall–Kier alpha value is -1.64. The van der Waals surface area contributed by atoms with Crippen molar-refractivity contribution in [1.29, 1.82) is 0 Å². The lowest BCUT2D eigenvalue weighted by Gasteiger charge is -2.22. The van der Waals surface area contributed by atoms with Crippen LogP contribution in [0.5, 0.6) is 0 Å². The first-order chi connectivity index (χ1) is 14.0. The summed E-state index contributed by atoms with van der Waals surface area (Å²) in [4.78, 5) is 1.44. The Morgan fingerprint density at radius 3 is 2.75 bits per heavy atom. The van der Waals surface area contributed by atoms with Crippen LogP contribution in [-0.4, -0.2) is 32.1 Å². The third-order valence-corrected chi connectivity index (χ3v) is 2.45. The molecule has 2 nitrogen and oxygen atoms in total. The Morgan fingerprint density at radius 2 is 2.05 bits per heavy atom. The second-order valence-corrected chi connectivity index (χ2v) is 4.36. The summed E-state index contributed by atoms with van der Waals surface area (Å²) in [5.74, 6) is 0. The quantitative estimate of drug-likeness (QED) is 0.800. The minimum atomic E-state index is -2.75. The molecule has 0 radical (unpaired) electrons. The molecule has 0 saturated carbocycles. The minimum absolute atomic E-state index is 0.331. The topological polar surface area (TPSA) is 12.5 Å². The van der Waals surface area contributed by atoms with Crippen molar-refractivity contribution in [2.24, 2.45) is 0 Å². The zero-order valence-corrected chi connectivity index (χ0v) is 11.4. The number of aryl methyl sites for hydroxylation is 1. The van der Waals surface area contributed by atoms with E-state index in [4.69, 9.17) is 19.8 Å². The number of hydrogen-bond donors (Lipinski definition) is 0. The number of nitrogens with zero attached hydrogens (tertiary/aromatic N) is 1. The molecular weight excluding hydrogens is 246 g/mol. The average Bonchev–Trinajstić information content (AvgIpc) is 2.62. The van der Waals surface area contributed by atoms with Crippen LogP contribution in [0.3, 0.4) is 0 Å². The molecule has 20 heavy (non-hydrogen) atoms. The maximum Gasteiger partial charge on any atom is 0.108 e. The van der Waals surface area contributed by atoms with Gasteiger partial charge in [0.25, 0.3) is 0 Å². The van der Waals surface area contributed by atoms with Crippen LogP contribution in [0.4, 0.5) is 0 Å². The van der Waals surface area contributed by atoms with Gasteiger partial charge >= 0.3 is 0 Å². The van der Waals surface area contributed by atoms with Crippen molar-refractivity contribution in [3.8, 4) is 0 Å². The summed E-state index contributed by atoms with van der Waals surface area (Å²) in [5, 5.41) is 0. The molecule has 0 saturated heterocycles. The summed E-state index contributed by atoms with van der Waals surface area (Å²) in [7, 11) is 3.13. The van der Waals surface area contributed by atoms with E-state index in [0.717, 1.165) is 0 Å². The highest BCUT2D eigenvalue weighted by molar-refractivity contribution is 5.35. The van der Waals surface area contributed by atoms with E-state index >= 15 is 0 Å². The number of rotatable bonds is 6. The molecule has 0 N–H and O–H groups in total. The molecule has 2 aromatic rings. The van der Waals surface area contributed by atoms with Gasteiger partial charge in [0.05, 0.1) is 17.5 Å². The van der Waals surface area contributed by atoms with Gasteiger partial charge in [0, 0.05) is 10.7 Å². The minimum Gasteiger partial charge on any atom is -0.367 e. The molecular formula is C18H23NO. The van der Waals surface area contributed by atoms with E-state index in [2.05, 4.69) is 0 Å². The number of hydrogen-bond acceptors (Lipinski definition) is 2. The van der Waals surface area contributed by atoms with Gasteiger partial charge in [-0.2, -0.15) is 0 Å². The van der Waals surface area contributed by atoms with Gasteiger partial charge < -0.3 is 9.64 Å². The molecule has 0 bridgehead atoms. The Bertz CT molecular complexity index is 945. The van der Waals surface area contributed by atoms with Crippen molar-refractivity contribution in [2.45, 2.75) is 12.9 Å². The van der Waals surface area contributed by atoms with Crippen molar-refractivity contribution in [3.05, 3.63) is 71.2 Å². The van der Waals surface area contributed by atoms with Crippen LogP contribution < -0.4 is 0 Å². The smallest absolute Gasteiger partial charge is 0.108 e. The highest BCUT2D eigenvalue weighted by Crippen LogP contribution is 2.28. The molecule has 0 aromatic heterocycles. The van der Waals surface area contributed by atoms with Gasteiger partial charge in [-0.05, 0) is 37.6 Å². The van der Waals surface area contributed by atoms with Crippen LogP contribution >= 0.6 is 0 Å². The summed E-state index contributed by atoms with van der Waals surface area (Å²) in [5.41, 5.74) is -1.36. The van der Waals surface area contributed by atoms with Gasteiger partial charge in [-0.1, -0.05) is 54.5 Å². The lowest BCUT2D eigenvalue weighted by atomic mass is 9.97. The lowest BCUT2D eigenvalue weighted by Crippen LogP contribution is -2.20. The van der Waals surface area contributed by atoms with Gasteiger partial charge in [-0.15, -0.1) is 0 Å². The summed E-state index contributed by atoms with van der Waals surface area (Å²) >= 11 is 0. The van der Waals surface area contributed by atoms with Crippen molar-refractivity contribution in [3.63, 3.8) is 0 Å². The molecule has 0 aliphatic rings. The number of likely N-dealkylation sites (N-methyl/N-ethyl adjacent to an activating group) is 1. The molecule has 0 spiro atoms. The molecule has 0 amide bonds. The predicted octanol–water partition coefficient (Wildman–Crippen LogP) is 3.66. The first kappa shape index (κ1) is 6.00. The normalized spacial score (nSPS) is 23.4. The molecule has 0 fully saturated rings. The zero-order chi connectivity index (χ0) is 23.9. The van der Waals surface area contributed by atoms with E-state index in [1.807, 2.05) is 0 Å². The maximum absolute atomic E-state index is 9.07. The molecule has 2 rings (SSSR count). The first-order valence-corrected chi connectivity index (χ1v) is 6.05.